The number of hydrogen-bond acceptors (Lipinski definition) is 5. The highest BCUT2D eigenvalue weighted by molar-refractivity contribution is 6.32. The average Bonchev–Trinajstić information content (AvgIpc) is 2.45. The summed E-state index contributed by atoms with van der Waals surface area (Å²) in [4.78, 5) is 4.30. The van der Waals surface area contributed by atoms with Crippen molar-refractivity contribution in [2.75, 3.05) is 24.8 Å². The Hall–Kier alpha value is -2.14. The maximum absolute atomic E-state index is 5.98. The minimum atomic E-state index is 0.415. The van der Waals surface area contributed by atoms with Crippen molar-refractivity contribution in [2.45, 2.75) is 6.92 Å². The van der Waals surface area contributed by atoms with Gasteiger partial charge >= 0.3 is 0 Å². The summed E-state index contributed by atoms with van der Waals surface area (Å²) in [6.07, 6.45) is 0. The third-order valence-corrected chi connectivity index (χ3v) is 2.91. The van der Waals surface area contributed by atoms with Crippen LogP contribution in [-0.2, 0) is 0 Å². The predicted molar refractivity (Wildman–Crippen MR) is 81.1 cm³/mol. The van der Waals surface area contributed by atoms with E-state index in [2.05, 4.69) is 10.3 Å². The maximum Gasteiger partial charge on any atom is 0.239 e. The van der Waals surface area contributed by atoms with E-state index < -0.39 is 0 Å². The quantitative estimate of drug-likeness (QED) is 0.883. The van der Waals surface area contributed by atoms with Crippen molar-refractivity contribution in [3.05, 3.63) is 35.4 Å². The van der Waals surface area contributed by atoms with E-state index in [4.69, 9.17) is 26.8 Å². The SMILES string of the molecule is CCOc1nc(Nc2ccc(Cl)c(OC)c2)ccc1N. The first-order chi connectivity index (χ1) is 9.63. The number of benzene rings is 1. The fourth-order valence-electron chi connectivity index (χ4n) is 1.66. The van der Waals surface area contributed by atoms with Gasteiger partial charge in [-0.2, -0.15) is 4.98 Å². The molecule has 3 N–H and O–H groups in total. The van der Waals surface area contributed by atoms with E-state index in [9.17, 15) is 0 Å². The van der Waals surface area contributed by atoms with Crippen LogP contribution in [0.4, 0.5) is 17.2 Å². The monoisotopic (exact) mass is 293 g/mol. The molecule has 1 heterocycles. The first-order valence-electron chi connectivity index (χ1n) is 6.14. The highest BCUT2D eigenvalue weighted by atomic mass is 35.5. The number of aromatic nitrogens is 1. The molecule has 0 aliphatic rings. The molecule has 0 saturated heterocycles. The summed E-state index contributed by atoms with van der Waals surface area (Å²) in [6, 6.07) is 8.90. The summed E-state index contributed by atoms with van der Waals surface area (Å²) in [7, 11) is 1.57. The summed E-state index contributed by atoms with van der Waals surface area (Å²) in [5.74, 6) is 1.64. The minimum Gasteiger partial charge on any atom is -0.495 e. The van der Waals surface area contributed by atoms with Gasteiger partial charge < -0.3 is 20.5 Å². The van der Waals surface area contributed by atoms with Gasteiger partial charge in [0.2, 0.25) is 5.88 Å². The van der Waals surface area contributed by atoms with Crippen LogP contribution in [0.2, 0.25) is 5.02 Å². The van der Waals surface area contributed by atoms with Crippen LogP contribution < -0.4 is 20.5 Å². The average molecular weight is 294 g/mol. The number of halogens is 1. The number of ether oxygens (including phenoxy) is 2. The topological polar surface area (TPSA) is 69.4 Å². The van der Waals surface area contributed by atoms with Crippen molar-refractivity contribution < 1.29 is 9.47 Å². The molecule has 0 radical (unpaired) electrons. The second kappa shape index (κ2) is 6.34. The lowest BCUT2D eigenvalue weighted by Gasteiger charge is -2.11. The largest absolute Gasteiger partial charge is 0.495 e. The number of rotatable bonds is 5. The Morgan fingerprint density at radius 2 is 2.10 bits per heavy atom. The van der Waals surface area contributed by atoms with Gasteiger partial charge in [-0.05, 0) is 31.2 Å². The molecule has 20 heavy (non-hydrogen) atoms. The van der Waals surface area contributed by atoms with E-state index in [1.807, 2.05) is 13.0 Å². The number of nitrogen functional groups attached to an aromatic ring is 1. The normalized spacial score (nSPS) is 10.2. The second-order valence-corrected chi connectivity index (χ2v) is 4.41. The molecule has 0 bridgehead atoms. The van der Waals surface area contributed by atoms with E-state index in [1.165, 1.54) is 0 Å². The van der Waals surface area contributed by atoms with Crippen LogP contribution in [0.15, 0.2) is 30.3 Å². The predicted octanol–water partition coefficient (Wildman–Crippen LogP) is 3.47. The molecule has 2 rings (SSSR count). The molecule has 0 spiro atoms. The highest BCUT2D eigenvalue weighted by Crippen LogP contribution is 2.29. The lowest BCUT2D eigenvalue weighted by molar-refractivity contribution is 0.329. The number of methoxy groups -OCH3 is 1. The molecule has 1 aromatic heterocycles. The van der Waals surface area contributed by atoms with Crippen LogP contribution >= 0.6 is 11.6 Å². The summed E-state index contributed by atoms with van der Waals surface area (Å²) >= 11 is 5.98. The van der Waals surface area contributed by atoms with Gasteiger partial charge in [-0.3, -0.25) is 0 Å². The lowest BCUT2D eigenvalue weighted by atomic mass is 10.3. The van der Waals surface area contributed by atoms with E-state index in [-0.39, 0.29) is 0 Å². The van der Waals surface area contributed by atoms with Crippen molar-refractivity contribution in [3.63, 3.8) is 0 Å². The summed E-state index contributed by atoms with van der Waals surface area (Å²) in [5.41, 5.74) is 7.10. The Morgan fingerprint density at radius 3 is 2.80 bits per heavy atom. The zero-order valence-corrected chi connectivity index (χ0v) is 12.1. The van der Waals surface area contributed by atoms with Gasteiger partial charge in [-0.1, -0.05) is 11.6 Å². The van der Waals surface area contributed by atoms with Crippen LogP contribution in [0, 0.1) is 0 Å². The summed E-state index contributed by atoms with van der Waals surface area (Å²) < 4.78 is 10.5. The molecule has 0 saturated carbocycles. The third-order valence-electron chi connectivity index (χ3n) is 2.59. The molecule has 0 unspecified atom stereocenters. The molecular formula is C14H16ClN3O2. The number of nitrogens with zero attached hydrogens (tertiary/aromatic N) is 1. The van der Waals surface area contributed by atoms with Gasteiger partial charge in [0.1, 0.15) is 11.6 Å². The molecule has 0 fully saturated rings. The number of pyridine rings is 1. The molecule has 0 amide bonds. The molecule has 0 aliphatic carbocycles. The van der Waals surface area contributed by atoms with Crippen LogP contribution in [0.5, 0.6) is 11.6 Å². The van der Waals surface area contributed by atoms with Crippen molar-refractivity contribution >= 4 is 28.8 Å². The smallest absolute Gasteiger partial charge is 0.239 e. The van der Waals surface area contributed by atoms with Crippen molar-refractivity contribution in [3.8, 4) is 11.6 Å². The van der Waals surface area contributed by atoms with Gasteiger partial charge in [0.05, 0.1) is 24.4 Å². The highest BCUT2D eigenvalue weighted by Gasteiger charge is 2.06. The van der Waals surface area contributed by atoms with Gasteiger partial charge in [0, 0.05) is 11.8 Å². The molecule has 0 atom stereocenters. The molecule has 1 aromatic carbocycles. The number of hydrogen-bond donors (Lipinski definition) is 2. The maximum atomic E-state index is 5.98. The molecule has 0 aliphatic heterocycles. The Kier molecular flexibility index (Phi) is 4.53. The van der Waals surface area contributed by atoms with Gasteiger partial charge in [0.25, 0.3) is 0 Å². The number of anilines is 3. The fourth-order valence-corrected chi connectivity index (χ4v) is 1.85. The lowest BCUT2D eigenvalue weighted by Crippen LogP contribution is -2.02. The fraction of sp³-hybridized carbons (Fsp3) is 0.214. The van der Waals surface area contributed by atoms with E-state index >= 15 is 0 Å². The Bertz CT molecular complexity index is 605. The zero-order chi connectivity index (χ0) is 14.5. The van der Waals surface area contributed by atoms with E-state index in [0.29, 0.717) is 34.8 Å². The standard InChI is InChI=1S/C14H16ClN3O2/c1-3-20-14-11(16)6-7-13(18-14)17-9-4-5-10(15)12(8-9)19-2/h4-8H,3,16H2,1-2H3,(H,17,18). The van der Waals surface area contributed by atoms with Gasteiger partial charge in [-0.15, -0.1) is 0 Å². The van der Waals surface area contributed by atoms with Crippen LogP contribution in [-0.4, -0.2) is 18.7 Å². The summed E-state index contributed by atoms with van der Waals surface area (Å²) in [6.45, 7) is 2.39. The van der Waals surface area contributed by atoms with Crippen molar-refractivity contribution in [1.82, 2.24) is 4.98 Å². The molecular weight excluding hydrogens is 278 g/mol. The molecule has 2 aromatic rings. The van der Waals surface area contributed by atoms with Crippen LogP contribution in [0.1, 0.15) is 6.92 Å². The first kappa shape index (κ1) is 14.3. The number of nitrogens with one attached hydrogen (secondary N) is 1. The van der Waals surface area contributed by atoms with Gasteiger partial charge in [0.15, 0.2) is 0 Å². The van der Waals surface area contributed by atoms with Gasteiger partial charge in [-0.25, -0.2) is 0 Å². The second-order valence-electron chi connectivity index (χ2n) is 4.00. The third kappa shape index (κ3) is 3.24. The minimum absolute atomic E-state index is 0.415. The van der Waals surface area contributed by atoms with Crippen molar-refractivity contribution in [1.29, 1.82) is 0 Å². The van der Waals surface area contributed by atoms with E-state index in [0.717, 1.165) is 5.69 Å². The van der Waals surface area contributed by atoms with E-state index in [1.54, 1.807) is 31.4 Å². The first-order valence-corrected chi connectivity index (χ1v) is 6.51. The Morgan fingerprint density at radius 1 is 1.30 bits per heavy atom. The zero-order valence-electron chi connectivity index (χ0n) is 11.3. The summed E-state index contributed by atoms with van der Waals surface area (Å²) in [5, 5.41) is 3.70. The van der Waals surface area contributed by atoms with Crippen molar-refractivity contribution in [2.24, 2.45) is 0 Å². The van der Waals surface area contributed by atoms with Crippen LogP contribution in [0.3, 0.4) is 0 Å². The molecule has 6 heteroatoms. The molecule has 106 valence electrons. The number of nitrogens with two attached hydrogens (primary N) is 1. The Labute approximate surface area is 122 Å². The van der Waals surface area contributed by atoms with Crippen LogP contribution in [0.25, 0.3) is 0 Å². The Balaban J connectivity index is 2.23. The molecule has 5 nitrogen and oxygen atoms in total.